The minimum absolute atomic E-state index is 0.111. The third kappa shape index (κ3) is 3.13. The van der Waals surface area contributed by atoms with Crippen molar-refractivity contribution in [2.24, 2.45) is 0 Å². The van der Waals surface area contributed by atoms with Gasteiger partial charge in [-0.15, -0.1) is 0 Å². The van der Waals surface area contributed by atoms with Gasteiger partial charge in [0.25, 0.3) is 0 Å². The van der Waals surface area contributed by atoms with E-state index in [0.717, 1.165) is 0 Å². The lowest BCUT2D eigenvalue weighted by Gasteiger charge is -2.09. The molecule has 114 valence electrons. The SMILES string of the molecule is O=C1CCC(C(=O)NCc2cc(-c3ccc(F)cc3)on2)N1. The zero-order valence-electron chi connectivity index (χ0n) is 11.6. The van der Waals surface area contributed by atoms with Gasteiger partial charge in [0.05, 0.1) is 6.54 Å². The van der Waals surface area contributed by atoms with Crippen molar-refractivity contribution in [3.8, 4) is 11.3 Å². The molecule has 1 aliphatic rings. The second-order valence-corrected chi connectivity index (χ2v) is 5.07. The van der Waals surface area contributed by atoms with E-state index < -0.39 is 6.04 Å². The van der Waals surface area contributed by atoms with Crippen LogP contribution < -0.4 is 10.6 Å². The molecule has 1 fully saturated rings. The first-order valence-corrected chi connectivity index (χ1v) is 6.90. The summed E-state index contributed by atoms with van der Waals surface area (Å²) in [6.07, 6.45) is 0.876. The number of hydrogen-bond donors (Lipinski definition) is 2. The summed E-state index contributed by atoms with van der Waals surface area (Å²) in [7, 11) is 0. The van der Waals surface area contributed by atoms with E-state index in [1.807, 2.05) is 0 Å². The molecule has 2 heterocycles. The number of halogens is 1. The first-order chi connectivity index (χ1) is 10.6. The standard InChI is InChI=1S/C15H14FN3O3/c16-10-3-1-9(2-4-10)13-7-11(19-22-13)8-17-15(21)12-5-6-14(20)18-12/h1-4,7,12H,5-6,8H2,(H,17,21)(H,18,20). The average Bonchev–Trinajstić information content (AvgIpc) is 3.15. The van der Waals surface area contributed by atoms with Crippen molar-refractivity contribution in [2.45, 2.75) is 25.4 Å². The van der Waals surface area contributed by atoms with Gasteiger partial charge in [0, 0.05) is 18.1 Å². The molecule has 1 aromatic heterocycles. The molecule has 0 radical (unpaired) electrons. The van der Waals surface area contributed by atoms with Gasteiger partial charge in [-0.05, 0) is 30.7 Å². The normalized spacial score (nSPS) is 17.3. The lowest BCUT2D eigenvalue weighted by atomic mass is 10.1. The maximum absolute atomic E-state index is 12.9. The number of hydrogen-bond acceptors (Lipinski definition) is 4. The Kier molecular flexibility index (Phi) is 3.86. The fourth-order valence-electron chi connectivity index (χ4n) is 2.26. The van der Waals surface area contributed by atoms with Crippen molar-refractivity contribution in [1.82, 2.24) is 15.8 Å². The van der Waals surface area contributed by atoms with Crippen molar-refractivity contribution in [2.75, 3.05) is 0 Å². The van der Waals surface area contributed by atoms with Crippen LogP contribution in [0.1, 0.15) is 18.5 Å². The molecule has 0 bridgehead atoms. The molecule has 7 heteroatoms. The van der Waals surface area contributed by atoms with E-state index >= 15 is 0 Å². The molecule has 1 aromatic carbocycles. The summed E-state index contributed by atoms with van der Waals surface area (Å²) in [5, 5.41) is 9.15. The van der Waals surface area contributed by atoms with Crippen LogP contribution in [0.4, 0.5) is 4.39 Å². The Morgan fingerprint density at radius 3 is 2.86 bits per heavy atom. The van der Waals surface area contributed by atoms with Gasteiger partial charge in [0.1, 0.15) is 17.6 Å². The number of amides is 2. The van der Waals surface area contributed by atoms with Gasteiger partial charge in [0.15, 0.2) is 5.76 Å². The summed E-state index contributed by atoms with van der Waals surface area (Å²) in [4.78, 5) is 22.9. The number of carbonyl (C=O) groups is 2. The monoisotopic (exact) mass is 303 g/mol. The van der Waals surface area contributed by atoms with Crippen LogP contribution in [0.5, 0.6) is 0 Å². The highest BCUT2D eigenvalue weighted by atomic mass is 19.1. The third-order valence-electron chi connectivity index (χ3n) is 3.44. The highest BCUT2D eigenvalue weighted by Crippen LogP contribution is 2.20. The smallest absolute Gasteiger partial charge is 0.242 e. The highest BCUT2D eigenvalue weighted by molar-refractivity contribution is 5.90. The van der Waals surface area contributed by atoms with Crippen LogP contribution in [-0.2, 0) is 16.1 Å². The number of carbonyl (C=O) groups excluding carboxylic acids is 2. The van der Waals surface area contributed by atoms with Crippen LogP contribution in [0.3, 0.4) is 0 Å². The van der Waals surface area contributed by atoms with E-state index in [1.54, 1.807) is 18.2 Å². The average molecular weight is 303 g/mol. The van der Waals surface area contributed by atoms with Crippen LogP contribution in [0, 0.1) is 5.82 Å². The summed E-state index contributed by atoms with van der Waals surface area (Å²) < 4.78 is 18.0. The van der Waals surface area contributed by atoms with Crippen LogP contribution in [0.25, 0.3) is 11.3 Å². The number of aromatic nitrogens is 1. The van der Waals surface area contributed by atoms with E-state index in [0.29, 0.717) is 29.9 Å². The Balaban J connectivity index is 1.59. The maximum Gasteiger partial charge on any atom is 0.242 e. The fraction of sp³-hybridized carbons (Fsp3) is 0.267. The molecule has 0 aliphatic carbocycles. The Morgan fingerprint density at radius 2 is 2.18 bits per heavy atom. The van der Waals surface area contributed by atoms with Gasteiger partial charge < -0.3 is 15.2 Å². The Hall–Kier alpha value is -2.70. The van der Waals surface area contributed by atoms with E-state index in [2.05, 4.69) is 15.8 Å². The first-order valence-electron chi connectivity index (χ1n) is 6.90. The second-order valence-electron chi connectivity index (χ2n) is 5.07. The van der Waals surface area contributed by atoms with Crippen molar-refractivity contribution < 1.29 is 18.5 Å². The predicted octanol–water partition coefficient (Wildman–Crippen LogP) is 1.38. The minimum atomic E-state index is -0.476. The van der Waals surface area contributed by atoms with Crippen molar-refractivity contribution in [3.05, 3.63) is 41.8 Å². The summed E-state index contributed by atoms with van der Waals surface area (Å²) in [5.74, 6) is -0.176. The van der Waals surface area contributed by atoms with E-state index in [-0.39, 0.29) is 24.2 Å². The quantitative estimate of drug-likeness (QED) is 0.893. The molecule has 0 saturated carbocycles. The summed E-state index contributed by atoms with van der Waals surface area (Å²) >= 11 is 0. The predicted molar refractivity (Wildman–Crippen MR) is 74.9 cm³/mol. The Labute approximate surface area is 125 Å². The van der Waals surface area contributed by atoms with Crippen LogP contribution in [0.2, 0.25) is 0 Å². The molecule has 2 N–H and O–H groups in total. The van der Waals surface area contributed by atoms with Gasteiger partial charge in [-0.1, -0.05) is 5.16 Å². The molecule has 1 atom stereocenters. The van der Waals surface area contributed by atoms with Gasteiger partial charge >= 0.3 is 0 Å². The molecular weight excluding hydrogens is 289 g/mol. The number of rotatable bonds is 4. The molecule has 22 heavy (non-hydrogen) atoms. The number of benzene rings is 1. The number of nitrogens with zero attached hydrogens (tertiary/aromatic N) is 1. The van der Waals surface area contributed by atoms with Crippen molar-refractivity contribution in [1.29, 1.82) is 0 Å². The van der Waals surface area contributed by atoms with E-state index in [1.165, 1.54) is 12.1 Å². The summed E-state index contributed by atoms with van der Waals surface area (Å²) in [6, 6.07) is 7.06. The second kappa shape index (κ2) is 5.97. The lowest BCUT2D eigenvalue weighted by Crippen LogP contribution is -2.41. The lowest BCUT2D eigenvalue weighted by molar-refractivity contribution is -0.125. The molecule has 6 nitrogen and oxygen atoms in total. The summed E-state index contributed by atoms with van der Waals surface area (Å²) in [6.45, 7) is 0.204. The molecule has 3 rings (SSSR count). The minimum Gasteiger partial charge on any atom is -0.356 e. The van der Waals surface area contributed by atoms with E-state index in [4.69, 9.17) is 4.52 Å². The zero-order valence-corrected chi connectivity index (χ0v) is 11.6. The molecule has 1 saturated heterocycles. The Bertz CT molecular complexity index is 696. The van der Waals surface area contributed by atoms with E-state index in [9.17, 15) is 14.0 Å². The highest BCUT2D eigenvalue weighted by Gasteiger charge is 2.26. The van der Waals surface area contributed by atoms with Gasteiger partial charge in [-0.3, -0.25) is 9.59 Å². The molecule has 1 aliphatic heterocycles. The van der Waals surface area contributed by atoms with Crippen LogP contribution >= 0.6 is 0 Å². The maximum atomic E-state index is 12.9. The van der Waals surface area contributed by atoms with Crippen molar-refractivity contribution in [3.63, 3.8) is 0 Å². The third-order valence-corrected chi connectivity index (χ3v) is 3.44. The molecule has 2 amide bonds. The van der Waals surface area contributed by atoms with Gasteiger partial charge in [0.2, 0.25) is 11.8 Å². The first kappa shape index (κ1) is 14.2. The fourth-order valence-corrected chi connectivity index (χ4v) is 2.26. The molecular formula is C15H14FN3O3. The topological polar surface area (TPSA) is 84.2 Å². The zero-order chi connectivity index (χ0) is 15.5. The van der Waals surface area contributed by atoms with Gasteiger partial charge in [-0.25, -0.2) is 4.39 Å². The van der Waals surface area contributed by atoms with Crippen molar-refractivity contribution >= 4 is 11.8 Å². The van der Waals surface area contributed by atoms with Crippen LogP contribution in [-0.4, -0.2) is 23.0 Å². The molecule has 2 aromatic rings. The van der Waals surface area contributed by atoms with Crippen LogP contribution in [0.15, 0.2) is 34.9 Å². The molecule has 1 unspecified atom stereocenters. The largest absolute Gasteiger partial charge is 0.356 e. The van der Waals surface area contributed by atoms with Gasteiger partial charge in [-0.2, -0.15) is 0 Å². The Morgan fingerprint density at radius 1 is 1.41 bits per heavy atom. The number of nitrogens with one attached hydrogen (secondary N) is 2. The summed E-state index contributed by atoms with van der Waals surface area (Å²) in [5.41, 5.74) is 1.26. The molecule has 0 spiro atoms.